The van der Waals surface area contributed by atoms with Crippen molar-refractivity contribution in [2.75, 3.05) is 0 Å². The van der Waals surface area contributed by atoms with Crippen molar-refractivity contribution in [3.63, 3.8) is 0 Å². The van der Waals surface area contributed by atoms with E-state index in [9.17, 15) is 0 Å². The van der Waals surface area contributed by atoms with E-state index in [1.165, 1.54) is 0 Å². The average molecular weight is 253 g/mol. The van der Waals surface area contributed by atoms with Crippen molar-refractivity contribution < 1.29 is 8.29 Å². The van der Waals surface area contributed by atoms with Crippen LogP contribution in [0.2, 0.25) is 0 Å². The second-order valence-electron chi connectivity index (χ2n) is 0. The van der Waals surface area contributed by atoms with E-state index in [0.717, 1.165) is 0 Å². The Bertz CT molecular complexity index is 6.00. The van der Waals surface area contributed by atoms with Crippen molar-refractivity contribution >= 4 is 34.8 Å². The Kier molecular flexibility index (Phi) is 243. The SMILES string of the molecule is [BeH+].[OH-].[O]=[BiH]. The summed E-state index contributed by atoms with van der Waals surface area (Å²) in [5.74, 6) is 0. The second-order valence-corrected chi connectivity index (χ2v) is 0. The monoisotopic (exact) mass is 253 g/mol. The zero-order valence-electron chi connectivity index (χ0n) is 2.36. The van der Waals surface area contributed by atoms with E-state index in [1.54, 1.807) is 0 Å². The molecule has 1 N–H and O–H groups in total. The standard InChI is InChI=1S/Be.Bi.H2O.O.2H/h;;1H2;;;/q+1;;;;;/p-1. The number of rotatable bonds is 0. The summed E-state index contributed by atoms with van der Waals surface area (Å²) in [5.41, 5.74) is 0. The second kappa shape index (κ2) is 45.7. The quantitative estimate of drug-likeness (QED) is 0.488. The van der Waals surface area contributed by atoms with Crippen molar-refractivity contribution in [2.45, 2.75) is 0 Å². The molecule has 0 saturated carbocycles. The van der Waals surface area contributed by atoms with Crippen molar-refractivity contribution in [2.24, 2.45) is 0 Å². The fraction of sp³-hybridized carbons (Fsp3) is 0. The molecule has 0 aliphatic carbocycles. The molecule has 0 atom stereocenters. The van der Waals surface area contributed by atoms with Crippen LogP contribution in [0.5, 0.6) is 0 Å². The molecular weight excluding hydrogens is 250 g/mol. The van der Waals surface area contributed by atoms with Crippen LogP contribution in [-0.2, 0) is 2.81 Å². The van der Waals surface area contributed by atoms with Crippen molar-refractivity contribution in [1.82, 2.24) is 0 Å². The molecule has 0 heterocycles. The first-order valence-electron chi connectivity index (χ1n) is 0.204. The van der Waals surface area contributed by atoms with E-state index < -0.39 is 0 Å². The Morgan fingerprint density at radius 3 is 1.25 bits per heavy atom. The minimum absolute atomic E-state index is 0. The molecule has 4 heteroatoms. The third-order valence-electron chi connectivity index (χ3n) is 0. The summed E-state index contributed by atoms with van der Waals surface area (Å²) in [7, 11) is 0. The Morgan fingerprint density at radius 2 is 1.25 bits per heavy atom. The maximum atomic E-state index is 8.39. The molecule has 0 radical (unpaired) electrons. The van der Waals surface area contributed by atoms with Gasteiger partial charge in [0.05, 0.1) is 0 Å². The third kappa shape index (κ3) is 14.0. The molecule has 0 aromatic heterocycles. The molecule has 22 valence electrons. The van der Waals surface area contributed by atoms with Gasteiger partial charge < -0.3 is 5.48 Å². The van der Waals surface area contributed by atoms with Crippen molar-refractivity contribution in [3.05, 3.63) is 0 Å². The van der Waals surface area contributed by atoms with Crippen LogP contribution in [0.25, 0.3) is 0 Å². The Balaban J connectivity index is -0.00000000500. The molecule has 0 spiro atoms. The summed E-state index contributed by atoms with van der Waals surface area (Å²) in [6, 6.07) is 0. The summed E-state index contributed by atoms with van der Waals surface area (Å²) in [6.07, 6.45) is 0. The van der Waals surface area contributed by atoms with Crippen LogP contribution in [0.15, 0.2) is 0 Å². The normalized spacial score (nSPS) is 1.00. The molecular formula is H3BeBiO2. The zero-order valence-corrected chi connectivity index (χ0v) is 6.24. The third-order valence-corrected chi connectivity index (χ3v) is 0. The number of hydrogen-bond donors (Lipinski definition) is 0. The Morgan fingerprint density at radius 1 is 1.25 bits per heavy atom. The summed E-state index contributed by atoms with van der Waals surface area (Å²) >= 11 is 0.0556. The van der Waals surface area contributed by atoms with Gasteiger partial charge in [0, 0.05) is 0 Å². The molecule has 0 saturated heterocycles. The topological polar surface area (TPSA) is 47.1 Å². The van der Waals surface area contributed by atoms with E-state index >= 15 is 0 Å². The zero-order chi connectivity index (χ0) is 2.00. The molecule has 0 fully saturated rings. The van der Waals surface area contributed by atoms with Gasteiger partial charge in [-0.2, -0.15) is 0 Å². The molecule has 4 heavy (non-hydrogen) atoms. The van der Waals surface area contributed by atoms with E-state index in [-0.39, 0.29) is 40.3 Å². The minimum atomic E-state index is 0. The predicted octanol–water partition coefficient (Wildman–Crippen LogP) is -1.59. The summed E-state index contributed by atoms with van der Waals surface area (Å²) < 4.78 is 8.39. The molecule has 0 aromatic rings. The Hall–Kier alpha value is 0.812. The van der Waals surface area contributed by atoms with Gasteiger partial charge in [-0.05, 0) is 0 Å². The first-order valence-corrected chi connectivity index (χ1v) is 1.79. The van der Waals surface area contributed by atoms with E-state index in [1.807, 2.05) is 0 Å². The van der Waals surface area contributed by atoms with Crippen molar-refractivity contribution in [3.8, 4) is 0 Å². The molecule has 0 aliphatic rings. The maximum absolute atomic E-state index is 8.39. The number of hydrogen-bond acceptors (Lipinski definition) is 2. The van der Waals surface area contributed by atoms with Crippen LogP contribution in [0, 0.1) is 0 Å². The Labute approximate surface area is 43.4 Å². The van der Waals surface area contributed by atoms with Crippen molar-refractivity contribution in [1.29, 1.82) is 0 Å². The van der Waals surface area contributed by atoms with E-state index in [4.69, 9.17) is 2.81 Å². The van der Waals surface area contributed by atoms with Gasteiger partial charge in [0.1, 0.15) is 0 Å². The van der Waals surface area contributed by atoms with Gasteiger partial charge in [-0.1, -0.05) is 0 Å². The fourth-order valence-electron chi connectivity index (χ4n) is 0. The van der Waals surface area contributed by atoms with E-state index in [0.29, 0.717) is 0 Å². The van der Waals surface area contributed by atoms with Crippen LogP contribution in [0.4, 0.5) is 0 Å². The van der Waals surface area contributed by atoms with Crippen LogP contribution in [-0.4, -0.2) is 40.3 Å². The van der Waals surface area contributed by atoms with Crippen LogP contribution < -0.4 is 0 Å². The molecule has 0 aromatic carbocycles. The van der Waals surface area contributed by atoms with Gasteiger partial charge in [0.25, 0.3) is 0 Å². The fourth-order valence-corrected chi connectivity index (χ4v) is 0. The molecule has 0 unspecified atom stereocenters. The predicted molar refractivity (Wildman–Crippen MR) is 16.9 cm³/mol. The first kappa shape index (κ1) is 21.3. The van der Waals surface area contributed by atoms with Crippen LogP contribution in [0.1, 0.15) is 0 Å². The molecule has 0 amide bonds. The van der Waals surface area contributed by atoms with Gasteiger partial charge in [-0.25, -0.2) is 0 Å². The van der Waals surface area contributed by atoms with Gasteiger partial charge in [-0.3, -0.25) is 0 Å². The van der Waals surface area contributed by atoms with Gasteiger partial charge in [0.2, 0.25) is 0 Å². The van der Waals surface area contributed by atoms with E-state index in [2.05, 4.69) is 0 Å². The van der Waals surface area contributed by atoms with Crippen LogP contribution in [0.3, 0.4) is 0 Å². The first-order chi connectivity index (χ1) is 1.00. The summed E-state index contributed by atoms with van der Waals surface area (Å²) in [6.45, 7) is 0. The summed E-state index contributed by atoms with van der Waals surface area (Å²) in [4.78, 5) is 0. The average Bonchev–Trinajstić information content (AvgIpc) is 1.00. The van der Waals surface area contributed by atoms with Gasteiger partial charge in [0.15, 0.2) is 0 Å². The van der Waals surface area contributed by atoms with Gasteiger partial charge in [-0.15, -0.1) is 0 Å². The molecule has 2 nitrogen and oxygen atoms in total. The molecule has 0 bridgehead atoms. The van der Waals surface area contributed by atoms with Crippen LogP contribution >= 0.6 is 0 Å². The molecule has 0 aliphatic heterocycles. The molecule has 0 rings (SSSR count). The van der Waals surface area contributed by atoms with Gasteiger partial charge >= 0.3 is 37.7 Å². The summed E-state index contributed by atoms with van der Waals surface area (Å²) in [5, 5.41) is 0.